The second-order valence-corrected chi connectivity index (χ2v) is 8.08. The third kappa shape index (κ3) is 15.6. The van der Waals surface area contributed by atoms with E-state index in [4.69, 9.17) is 38.0 Å². The number of ether oxygens (including phenoxy) is 7. The van der Waals surface area contributed by atoms with Crippen LogP contribution in [0.1, 0.15) is 31.9 Å². The predicted molar refractivity (Wildman–Crippen MR) is 132 cm³/mol. The number of aromatic nitrogens is 3. The van der Waals surface area contributed by atoms with Gasteiger partial charge in [0.25, 0.3) is 11.8 Å². The highest BCUT2D eigenvalue weighted by Crippen LogP contribution is 2.12. The summed E-state index contributed by atoms with van der Waals surface area (Å²) in [5, 5.41) is 8.62. The number of hydrogen-bond acceptors (Lipinski definition) is 13. The molecule has 2 amide bonds. The summed E-state index contributed by atoms with van der Waals surface area (Å²) in [5.41, 5.74) is 0.704. The quantitative estimate of drug-likeness (QED) is 0.115. The summed E-state index contributed by atoms with van der Waals surface area (Å²) in [6.07, 6.45) is 1.84. The lowest BCUT2D eigenvalue weighted by Crippen LogP contribution is -2.32. The Morgan fingerprint density at radius 2 is 1.26 bits per heavy atom. The van der Waals surface area contributed by atoms with E-state index >= 15 is 0 Å². The van der Waals surface area contributed by atoms with Crippen molar-refractivity contribution in [2.45, 2.75) is 39.3 Å². The van der Waals surface area contributed by atoms with Crippen molar-refractivity contribution in [2.24, 2.45) is 0 Å². The molecule has 222 valence electrons. The van der Waals surface area contributed by atoms with E-state index in [2.05, 4.69) is 10.3 Å². The van der Waals surface area contributed by atoms with E-state index in [1.165, 1.54) is 0 Å². The molecule has 0 unspecified atom stereocenters. The predicted octanol–water partition coefficient (Wildman–Crippen LogP) is -0.0885. The van der Waals surface area contributed by atoms with Crippen molar-refractivity contribution >= 4 is 17.8 Å². The summed E-state index contributed by atoms with van der Waals surface area (Å²) in [6.45, 7) is 8.67. The molecule has 15 nitrogen and oxygen atoms in total. The Labute approximate surface area is 227 Å². The first-order valence-corrected chi connectivity index (χ1v) is 13.1. The summed E-state index contributed by atoms with van der Waals surface area (Å²) in [7, 11) is 0. The minimum Gasteiger partial charge on any atom is -0.379 e. The number of imide groups is 1. The van der Waals surface area contributed by atoms with Crippen LogP contribution in [0.5, 0.6) is 0 Å². The van der Waals surface area contributed by atoms with Crippen LogP contribution < -0.4 is 0 Å². The Morgan fingerprint density at radius 3 is 1.85 bits per heavy atom. The van der Waals surface area contributed by atoms with Crippen molar-refractivity contribution in [3.8, 4) is 0 Å². The van der Waals surface area contributed by atoms with Crippen LogP contribution in [-0.2, 0) is 65.5 Å². The standard InChI is InChI=1S/C24H40N4O11/c1-2-32-9-10-35-15-16-36-14-12-34-8-6-27-19-21(25-26-27)20-38-18-17-37-13-11-33-7-5-24(31)39-28-22(29)3-4-23(28)30/h19H,2-18,20H2,1H3. The Balaban J connectivity index is 1.33. The fourth-order valence-electron chi connectivity index (χ4n) is 3.05. The zero-order valence-electron chi connectivity index (χ0n) is 22.6. The smallest absolute Gasteiger partial charge is 0.335 e. The van der Waals surface area contributed by atoms with Crippen molar-refractivity contribution < 1.29 is 52.4 Å². The molecule has 15 heteroatoms. The van der Waals surface area contributed by atoms with E-state index < -0.39 is 17.8 Å². The zero-order chi connectivity index (χ0) is 28.0. The van der Waals surface area contributed by atoms with Crippen molar-refractivity contribution in [3.05, 3.63) is 11.9 Å². The summed E-state index contributed by atoms with van der Waals surface area (Å²) in [6, 6.07) is 0. The molecular formula is C24H40N4O11. The zero-order valence-corrected chi connectivity index (χ0v) is 22.6. The van der Waals surface area contributed by atoms with E-state index in [-0.39, 0.29) is 32.5 Å². The third-order valence-corrected chi connectivity index (χ3v) is 5.01. The fourth-order valence-corrected chi connectivity index (χ4v) is 3.05. The largest absolute Gasteiger partial charge is 0.379 e. The van der Waals surface area contributed by atoms with Crippen molar-refractivity contribution in [3.63, 3.8) is 0 Å². The topological polar surface area (TPSA) is 159 Å². The minimum atomic E-state index is -0.700. The molecule has 0 radical (unpaired) electrons. The van der Waals surface area contributed by atoms with E-state index in [0.29, 0.717) is 96.6 Å². The maximum Gasteiger partial charge on any atom is 0.335 e. The molecule has 0 atom stereocenters. The summed E-state index contributed by atoms with van der Waals surface area (Å²) in [4.78, 5) is 39.2. The third-order valence-electron chi connectivity index (χ3n) is 5.01. The molecule has 2 heterocycles. The number of carbonyl (C=O) groups is 3. The first kappa shape index (κ1) is 32.7. The molecular weight excluding hydrogens is 520 g/mol. The second-order valence-electron chi connectivity index (χ2n) is 8.08. The molecule has 0 saturated carbocycles. The lowest BCUT2D eigenvalue weighted by molar-refractivity contribution is -0.198. The molecule has 0 N–H and O–H groups in total. The average Bonchev–Trinajstić information content (AvgIpc) is 3.51. The number of rotatable bonds is 25. The van der Waals surface area contributed by atoms with Gasteiger partial charge in [-0.3, -0.25) is 9.59 Å². The summed E-state index contributed by atoms with van der Waals surface area (Å²) >= 11 is 0. The van der Waals surface area contributed by atoms with Gasteiger partial charge in [-0.1, -0.05) is 5.21 Å². The van der Waals surface area contributed by atoms with E-state index in [0.717, 1.165) is 0 Å². The van der Waals surface area contributed by atoms with Crippen LogP contribution in [0.25, 0.3) is 0 Å². The van der Waals surface area contributed by atoms with Gasteiger partial charge in [0.2, 0.25) is 0 Å². The maximum atomic E-state index is 11.6. The number of amides is 2. The molecule has 1 fully saturated rings. The molecule has 1 aliphatic heterocycles. The first-order valence-electron chi connectivity index (χ1n) is 13.1. The van der Waals surface area contributed by atoms with Crippen molar-refractivity contribution in [1.29, 1.82) is 0 Å². The van der Waals surface area contributed by atoms with Crippen LogP contribution in [0.4, 0.5) is 0 Å². The number of nitrogens with zero attached hydrogens (tertiary/aromatic N) is 4. The molecule has 2 rings (SSSR count). The fraction of sp³-hybridized carbons (Fsp3) is 0.792. The molecule has 1 aliphatic rings. The van der Waals surface area contributed by atoms with Gasteiger partial charge in [0.15, 0.2) is 0 Å². The Hall–Kier alpha value is -2.53. The van der Waals surface area contributed by atoms with E-state index in [1.807, 2.05) is 6.92 Å². The van der Waals surface area contributed by atoms with Gasteiger partial charge in [-0.2, -0.15) is 0 Å². The average molecular weight is 561 g/mol. The van der Waals surface area contributed by atoms with Gasteiger partial charge >= 0.3 is 5.97 Å². The highest BCUT2D eigenvalue weighted by atomic mass is 16.7. The molecule has 0 aliphatic carbocycles. The van der Waals surface area contributed by atoms with Gasteiger partial charge in [0.05, 0.1) is 105 Å². The van der Waals surface area contributed by atoms with Crippen LogP contribution in [0.3, 0.4) is 0 Å². The van der Waals surface area contributed by atoms with Crippen molar-refractivity contribution in [2.75, 3.05) is 85.9 Å². The number of hydroxylamine groups is 2. The van der Waals surface area contributed by atoms with Crippen LogP contribution in [0.15, 0.2) is 6.20 Å². The van der Waals surface area contributed by atoms with Gasteiger partial charge in [0, 0.05) is 19.4 Å². The highest BCUT2D eigenvalue weighted by molar-refractivity contribution is 6.01. The Morgan fingerprint density at radius 1 is 0.744 bits per heavy atom. The van der Waals surface area contributed by atoms with Crippen molar-refractivity contribution in [1.82, 2.24) is 20.1 Å². The van der Waals surface area contributed by atoms with Gasteiger partial charge in [0.1, 0.15) is 5.69 Å². The number of carbonyl (C=O) groups excluding carboxylic acids is 3. The van der Waals surface area contributed by atoms with E-state index in [9.17, 15) is 14.4 Å². The normalized spacial score (nSPS) is 13.5. The first-order chi connectivity index (χ1) is 19.1. The molecule has 1 aromatic heterocycles. The number of hydrogen-bond donors (Lipinski definition) is 0. The summed E-state index contributed by atoms with van der Waals surface area (Å²) < 4.78 is 39.4. The second kappa shape index (κ2) is 21.3. The Kier molecular flexibility index (Phi) is 17.9. The van der Waals surface area contributed by atoms with Gasteiger partial charge in [-0.25, -0.2) is 9.48 Å². The van der Waals surface area contributed by atoms with Gasteiger partial charge in [-0.05, 0) is 6.92 Å². The highest BCUT2D eigenvalue weighted by Gasteiger charge is 2.32. The SMILES string of the molecule is CCOCCOCCOCCOCCn1cc(COCCOCCOCCC(=O)ON2C(=O)CCC2=O)nn1. The summed E-state index contributed by atoms with van der Waals surface area (Å²) in [5.74, 6) is -1.72. The van der Waals surface area contributed by atoms with Gasteiger partial charge in [-0.15, -0.1) is 10.2 Å². The molecule has 1 saturated heterocycles. The lowest BCUT2D eigenvalue weighted by Gasteiger charge is -2.12. The minimum absolute atomic E-state index is 0.0598. The van der Waals surface area contributed by atoms with Crippen LogP contribution in [0.2, 0.25) is 0 Å². The van der Waals surface area contributed by atoms with Crippen LogP contribution in [0, 0.1) is 0 Å². The molecule has 39 heavy (non-hydrogen) atoms. The Bertz CT molecular complexity index is 808. The van der Waals surface area contributed by atoms with E-state index in [1.54, 1.807) is 10.9 Å². The monoisotopic (exact) mass is 560 g/mol. The molecule has 0 aromatic carbocycles. The van der Waals surface area contributed by atoms with Crippen LogP contribution >= 0.6 is 0 Å². The van der Waals surface area contributed by atoms with Gasteiger partial charge < -0.3 is 38.0 Å². The molecule has 0 spiro atoms. The maximum absolute atomic E-state index is 11.6. The molecule has 0 bridgehead atoms. The lowest BCUT2D eigenvalue weighted by atomic mass is 10.4. The van der Waals surface area contributed by atoms with Crippen LogP contribution in [-0.4, -0.2) is 124 Å². The molecule has 1 aromatic rings.